The van der Waals surface area contributed by atoms with E-state index in [4.69, 9.17) is 5.73 Å². The van der Waals surface area contributed by atoms with Gasteiger partial charge in [0.1, 0.15) is 18.9 Å². The molecule has 0 atom stereocenters. The van der Waals surface area contributed by atoms with Gasteiger partial charge in [-0.1, -0.05) is 0 Å². The van der Waals surface area contributed by atoms with E-state index in [1.54, 1.807) is 11.8 Å². The summed E-state index contributed by atoms with van der Waals surface area (Å²) in [6, 6.07) is 6.08. The quantitative estimate of drug-likeness (QED) is 0.411. The van der Waals surface area contributed by atoms with E-state index in [0.717, 1.165) is 24.5 Å². The number of aryl methyl sites for hydroxylation is 1. The summed E-state index contributed by atoms with van der Waals surface area (Å²) in [6.45, 7) is 1.78. The largest absolute Gasteiger partial charge is 1.00 e. The fourth-order valence-electron chi connectivity index (χ4n) is 1.77. The van der Waals surface area contributed by atoms with E-state index in [-0.39, 0.29) is 12.4 Å². The summed E-state index contributed by atoms with van der Waals surface area (Å²) in [5.74, 6) is 0. The molecular formula is C13H19ClN4S. The van der Waals surface area contributed by atoms with Gasteiger partial charge in [-0.3, -0.25) is 0 Å². The number of aromatic nitrogens is 2. The lowest BCUT2D eigenvalue weighted by Gasteiger charge is -2.09. The number of nitrogens with zero attached hydrogens (tertiary/aromatic N) is 2. The lowest BCUT2D eigenvalue weighted by Crippen LogP contribution is -3.00. The highest BCUT2D eigenvalue weighted by atomic mass is 35.5. The minimum atomic E-state index is 0. The molecule has 19 heavy (non-hydrogen) atoms. The number of hydrogen-bond donors (Lipinski definition) is 2. The Morgan fingerprint density at radius 3 is 2.84 bits per heavy atom. The van der Waals surface area contributed by atoms with Crippen molar-refractivity contribution in [1.82, 2.24) is 4.57 Å². The van der Waals surface area contributed by atoms with Crippen LogP contribution in [0.4, 0.5) is 11.4 Å². The fourth-order valence-corrected chi connectivity index (χ4v) is 2.21. The summed E-state index contributed by atoms with van der Waals surface area (Å²) < 4.78 is 4.17. The SMILES string of the molecule is CSc1ccc(N)c(NCCn2cc[n+](C)c2)c1.[Cl-]. The number of imidazole rings is 1. The summed E-state index contributed by atoms with van der Waals surface area (Å²) in [6.07, 6.45) is 8.21. The van der Waals surface area contributed by atoms with Gasteiger partial charge >= 0.3 is 0 Å². The van der Waals surface area contributed by atoms with Gasteiger partial charge < -0.3 is 23.5 Å². The molecule has 2 rings (SSSR count). The van der Waals surface area contributed by atoms with Crippen molar-refractivity contribution in [3.63, 3.8) is 0 Å². The van der Waals surface area contributed by atoms with E-state index in [1.807, 2.05) is 29.9 Å². The number of nitrogens with one attached hydrogen (secondary N) is 1. The molecule has 0 spiro atoms. The fraction of sp³-hybridized carbons (Fsp3) is 0.308. The van der Waals surface area contributed by atoms with Crippen molar-refractivity contribution in [1.29, 1.82) is 0 Å². The van der Waals surface area contributed by atoms with Gasteiger partial charge in [0.25, 0.3) is 0 Å². The molecule has 0 bridgehead atoms. The number of nitrogen functional groups attached to an aromatic ring is 1. The van der Waals surface area contributed by atoms with Crippen LogP contribution >= 0.6 is 11.8 Å². The molecule has 104 valence electrons. The van der Waals surface area contributed by atoms with Crippen LogP contribution in [0.15, 0.2) is 41.8 Å². The molecule has 2 aromatic rings. The Labute approximate surface area is 124 Å². The van der Waals surface area contributed by atoms with Crippen molar-refractivity contribution in [2.45, 2.75) is 11.4 Å². The molecule has 0 saturated heterocycles. The smallest absolute Gasteiger partial charge is 0.243 e. The Balaban J connectivity index is 0.00000180. The van der Waals surface area contributed by atoms with Gasteiger partial charge in [-0.15, -0.1) is 11.8 Å². The molecule has 1 aromatic heterocycles. The Bertz CT molecular complexity index is 527. The summed E-state index contributed by atoms with van der Waals surface area (Å²) >= 11 is 1.72. The molecule has 0 radical (unpaired) electrons. The van der Waals surface area contributed by atoms with Gasteiger partial charge in [-0.25, -0.2) is 9.13 Å². The van der Waals surface area contributed by atoms with E-state index in [9.17, 15) is 0 Å². The number of halogens is 1. The predicted molar refractivity (Wildman–Crippen MR) is 76.7 cm³/mol. The standard InChI is InChI=1S/C13H19N4S.ClH/c1-16-7-8-17(10-16)6-5-15-13-9-11(18-2)3-4-12(13)14;/h3-4,7-10,15H,5-6,14H2,1-2H3;1H/q+1;/p-1. The second kappa shape index (κ2) is 7.31. The number of anilines is 2. The average molecular weight is 299 g/mol. The molecule has 6 heteroatoms. The summed E-state index contributed by atoms with van der Waals surface area (Å²) in [5, 5.41) is 3.38. The predicted octanol–water partition coefficient (Wildman–Crippen LogP) is -1.27. The third-order valence-corrected chi connectivity index (χ3v) is 3.49. The maximum atomic E-state index is 5.95. The molecule has 4 nitrogen and oxygen atoms in total. The number of rotatable bonds is 5. The number of thioether (sulfide) groups is 1. The van der Waals surface area contributed by atoms with E-state index in [2.05, 4.69) is 34.7 Å². The highest BCUT2D eigenvalue weighted by molar-refractivity contribution is 7.98. The molecule has 0 aliphatic rings. The van der Waals surface area contributed by atoms with Gasteiger partial charge in [0.15, 0.2) is 0 Å². The van der Waals surface area contributed by atoms with Crippen molar-refractivity contribution in [3.05, 3.63) is 36.9 Å². The van der Waals surface area contributed by atoms with Gasteiger partial charge in [0, 0.05) is 4.90 Å². The summed E-state index contributed by atoms with van der Waals surface area (Å²) in [7, 11) is 2.02. The highest BCUT2D eigenvalue weighted by Crippen LogP contribution is 2.24. The molecule has 0 aliphatic heterocycles. The molecule has 0 saturated carbocycles. The van der Waals surface area contributed by atoms with Crippen LogP contribution in [0.2, 0.25) is 0 Å². The van der Waals surface area contributed by atoms with Gasteiger partial charge in [-0.05, 0) is 24.5 Å². The number of benzene rings is 1. The first kappa shape index (κ1) is 15.7. The van der Waals surface area contributed by atoms with Gasteiger partial charge in [0.05, 0.1) is 25.0 Å². The van der Waals surface area contributed by atoms with Gasteiger partial charge in [0.2, 0.25) is 6.33 Å². The zero-order valence-corrected chi connectivity index (χ0v) is 12.7. The molecule has 1 aromatic carbocycles. The minimum absolute atomic E-state index is 0. The van der Waals surface area contributed by atoms with Crippen LogP contribution in [0.25, 0.3) is 0 Å². The summed E-state index contributed by atoms with van der Waals surface area (Å²) in [4.78, 5) is 1.22. The van der Waals surface area contributed by atoms with Gasteiger partial charge in [-0.2, -0.15) is 0 Å². The first-order valence-corrected chi connectivity index (χ1v) is 7.10. The topological polar surface area (TPSA) is 46.9 Å². The molecule has 1 heterocycles. The molecular weight excluding hydrogens is 280 g/mol. The van der Waals surface area contributed by atoms with Crippen molar-refractivity contribution < 1.29 is 17.0 Å². The van der Waals surface area contributed by atoms with Crippen LogP contribution in [0.5, 0.6) is 0 Å². The molecule has 0 unspecified atom stereocenters. The third-order valence-electron chi connectivity index (χ3n) is 2.77. The Hall–Kier alpha value is -1.33. The number of nitrogens with two attached hydrogens (primary N) is 1. The van der Waals surface area contributed by atoms with E-state index in [1.165, 1.54) is 4.90 Å². The van der Waals surface area contributed by atoms with E-state index in [0.29, 0.717) is 0 Å². The third kappa shape index (κ3) is 4.36. The maximum absolute atomic E-state index is 5.95. The Morgan fingerprint density at radius 1 is 1.42 bits per heavy atom. The Kier molecular flexibility index (Phi) is 6.05. The molecule has 0 amide bonds. The molecule has 3 N–H and O–H groups in total. The average Bonchev–Trinajstić information content (AvgIpc) is 2.77. The normalized spacial score (nSPS) is 10.0. The number of hydrogen-bond acceptors (Lipinski definition) is 3. The van der Waals surface area contributed by atoms with Crippen LogP contribution < -0.4 is 28.0 Å². The minimum Gasteiger partial charge on any atom is -1.00 e. The van der Waals surface area contributed by atoms with E-state index < -0.39 is 0 Å². The Morgan fingerprint density at radius 2 is 2.21 bits per heavy atom. The van der Waals surface area contributed by atoms with Crippen molar-refractivity contribution >= 4 is 23.1 Å². The van der Waals surface area contributed by atoms with Crippen LogP contribution in [-0.4, -0.2) is 17.4 Å². The summed E-state index contributed by atoms with van der Waals surface area (Å²) in [5.41, 5.74) is 7.75. The lowest BCUT2D eigenvalue weighted by atomic mass is 10.2. The monoisotopic (exact) mass is 298 g/mol. The first-order valence-electron chi connectivity index (χ1n) is 5.87. The first-order chi connectivity index (χ1) is 8.69. The van der Waals surface area contributed by atoms with Crippen molar-refractivity contribution in [3.8, 4) is 0 Å². The zero-order valence-electron chi connectivity index (χ0n) is 11.1. The van der Waals surface area contributed by atoms with Crippen LogP contribution in [-0.2, 0) is 13.6 Å². The second-order valence-corrected chi connectivity index (χ2v) is 5.08. The lowest BCUT2D eigenvalue weighted by molar-refractivity contribution is -0.671. The second-order valence-electron chi connectivity index (χ2n) is 4.20. The van der Waals surface area contributed by atoms with Crippen LogP contribution in [0, 0.1) is 0 Å². The highest BCUT2D eigenvalue weighted by Gasteiger charge is 2.02. The van der Waals surface area contributed by atoms with E-state index >= 15 is 0 Å². The maximum Gasteiger partial charge on any atom is 0.243 e. The van der Waals surface area contributed by atoms with Crippen LogP contribution in [0.1, 0.15) is 0 Å². The van der Waals surface area contributed by atoms with Crippen LogP contribution in [0.3, 0.4) is 0 Å². The molecule has 0 fully saturated rings. The van der Waals surface area contributed by atoms with Crippen molar-refractivity contribution in [2.24, 2.45) is 7.05 Å². The molecule has 0 aliphatic carbocycles. The van der Waals surface area contributed by atoms with Crippen molar-refractivity contribution in [2.75, 3.05) is 23.9 Å². The zero-order chi connectivity index (χ0) is 13.0.